The number of hydrogen-bond acceptors (Lipinski definition) is 2. The van der Waals surface area contributed by atoms with Crippen LogP contribution in [-0.2, 0) is 6.54 Å². The Bertz CT molecular complexity index is 631. The number of hydrogen-bond donors (Lipinski definition) is 1. The molecule has 1 atom stereocenters. The summed E-state index contributed by atoms with van der Waals surface area (Å²) >= 11 is 10.6. The van der Waals surface area contributed by atoms with Gasteiger partial charge in [-0.25, -0.2) is 0 Å². The maximum Gasteiger partial charge on any atom is 0.137 e. The molecule has 0 radical (unpaired) electrons. The molecule has 0 bridgehead atoms. The summed E-state index contributed by atoms with van der Waals surface area (Å²) < 4.78 is 8.55. The van der Waals surface area contributed by atoms with Gasteiger partial charge in [0.05, 0.1) is 11.6 Å². The van der Waals surface area contributed by atoms with Gasteiger partial charge in [-0.2, -0.15) is 0 Å². The Morgan fingerprint density at radius 2 is 1.86 bits per heavy atom. The summed E-state index contributed by atoms with van der Waals surface area (Å²) in [4.78, 5) is 0. The number of ether oxygens (including phenoxy) is 1. The zero-order valence-corrected chi connectivity index (χ0v) is 16.5. The summed E-state index contributed by atoms with van der Waals surface area (Å²) in [6.07, 6.45) is 0. The molecule has 0 aliphatic rings. The molecule has 1 unspecified atom stereocenters. The van der Waals surface area contributed by atoms with E-state index in [1.165, 1.54) is 5.56 Å². The van der Waals surface area contributed by atoms with Gasteiger partial charge in [-0.1, -0.05) is 44.0 Å². The van der Waals surface area contributed by atoms with Crippen molar-refractivity contribution in [1.29, 1.82) is 0 Å². The molecule has 21 heavy (non-hydrogen) atoms. The van der Waals surface area contributed by atoms with Crippen molar-refractivity contribution in [2.45, 2.75) is 19.5 Å². The van der Waals surface area contributed by atoms with Gasteiger partial charge in [-0.05, 0) is 52.7 Å². The van der Waals surface area contributed by atoms with Gasteiger partial charge in [0.2, 0.25) is 0 Å². The molecule has 2 aromatic carbocycles. The van der Waals surface area contributed by atoms with E-state index in [0.29, 0.717) is 0 Å². The summed E-state index contributed by atoms with van der Waals surface area (Å²) in [5, 5.41) is 3.53. The van der Waals surface area contributed by atoms with E-state index in [-0.39, 0.29) is 6.04 Å². The van der Waals surface area contributed by atoms with E-state index in [2.05, 4.69) is 78.2 Å². The summed E-state index contributed by atoms with van der Waals surface area (Å²) in [5.74, 6) is 0.868. The number of rotatable bonds is 5. The fraction of sp³-hybridized carbons (Fsp3) is 0.250. The molecule has 0 saturated carbocycles. The summed E-state index contributed by atoms with van der Waals surface area (Å²) in [6, 6.07) is 12.6. The number of methoxy groups -OCH3 is 1. The van der Waals surface area contributed by atoms with Crippen LogP contribution in [0.4, 0.5) is 0 Å². The van der Waals surface area contributed by atoms with Gasteiger partial charge in [0.25, 0.3) is 0 Å². The van der Waals surface area contributed by atoms with Crippen molar-refractivity contribution < 1.29 is 4.74 Å². The van der Waals surface area contributed by atoms with Gasteiger partial charge in [0, 0.05) is 27.1 Å². The second-order valence-corrected chi connectivity index (χ2v) is 7.42. The first-order valence-corrected chi connectivity index (χ1v) is 8.90. The average molecular weight is 478 g/mol. The van der Waals surface area contributed by atoms with Crippen molar-refractivity contribution in [2.24, 2.45) is 0 Å². The van der Waals surface area contributed by atoms with Gasteiger partial charge in [-0.15, -0.1) is 0 Å². The van der Waals surface area contributed by atoms with Crippen LogP contribution in [0, 0.1) is 0 Å². The highest BCUT2D eigenvalue weighted by Gasteiger charge is 2.11. The van der Waals surface area contributed by atoms with Crippen LogP contribution in [0.2, 0.25) is 0 Å². The van der Waals surface area contributed by atoms with Crippen molar-refractivity contribution in [3.63, 3.8) is 0 Å². The van der Waals surface area contributed by atoms with Crippen LogP contribution in [0.1, 0.15) is 24.1 Å². The number of benzene rings is 2. The van der Waals surface area contributed by atoms with Crippen LogP contribution in [0.5, 0.6) is 5.75 Å². The minimum atomic E-state index is 0.255. The zero-order valence-electron chi connectivity index (χ0n) is 11.8. The third-order valence-electron chi connectivity index (χ3n) is 3.24. The standard InChI is InChI=1S/C16H16Br3NO/c1-10(11-4-3-5-13(17)6-11)20-9-12-7-14(18)8-15(19)16(12)21-2/h3-8,10,20H,9H2,1-2H3. The highest BCUT2D eigenvalue weighted by atomic mass is 79.9. The van der Waals surface area contributed by atoms with Crippen LogP contribution in [0.15, 0.2) is 49.8 Å². The summed E-state index contributed by atoms with van der Waals surface area (Å²) in [7, 11) is 1.69. The van der Waals surface area contributed by atoms with Crippen LogP contribution in [-0.4, -0.2) is 7.11 Å². The molecule has 0 heterocycles. The molecule has 1 N–H and O–H groups in total. The van der Waals surface area contributed by atoms with Crippen molar-refractivity contribution >= 4 is 47.8 Å². The SMILES string of the molecule is COc1c(Br)cc(Br)cc1CNC(C)c1cccc(Br)c1. The fourth-order valence-electron chi connectivity index (χ4n) is 2.13. The molecule has 0 aliphatic carbocycles. The largest absolute Gasteiger partial charge is 0.495 e. The second-order valence-electron chi connectivity index (χ2n) is 4.74. The van der Waals surface area contributed by atoms with Crippen LogP contribution in [0.3, 0.4) is 0 Å². The smallest absolute Gasteiger partial charge is 0.137 e. The Hall–Kier alpha value is -0.360. The van der Waals surface area contributed by atoms with Gasteiger partial charge in [0.1, 0.15) is 5.75 Å². The van der Waals surface area contributed by atoms with E-state index in [9.17, 15) is 0 Å². The van der Waals surface area contributed by atoms with E-state index in [0.717, 1.165) is 31.3 Å². The number of nitrogens with one attached hydrogen (secondary N) is 1. The minimum absolute atomic E-state index is 0.255. The van der Waals surface area contributed by atoms with E-state index in [1.807, 2.05) is 18.2 Å². The first-order valence-electron chi connectivity index (χ1n) is 6.52. The van der Waals surface area contributed by atoms with Crippen LogP contribution < -0.4 is 10.1 Å². The van der Waals surface area contributed by atoms with Gasteiger partial charge in [0.15, 0.2) is 0 Å². The predicted octanol–water partition coefficient (Wildman–Crippen LogP) is 5.83. The Balaban J connectivity index is 2.13. The normalized spacial score (nSPS) is 12.2. The summed E-state index contributed by atoms with van der Waals surface area (Å²) in [6.45, 7) is 2.89. The molecule has 0 fully saturated rings. The Labute approximate surface area is 150 Å². The predicted molar refractivity (Wildman–Crippen MR) is 97.8 cm³/mol. The molecule has 5 heteroatoms. The summed E-state index contributed by atoms with van der Waals surface area (Å²) in [5.41, 5.74) is 2.36. The molecule has 0 aromatic heterocycles. The lowest BCUT2D eigenvalue weighted by Crippen LogP contribution is -2.18. The van der Waals surface area contributed by atoms with Crippen LogP contribution in [0.25, 0.3) is 0 Å². The van der Waals surface area contributed by atoms with Gasteiger partial charge >= 0.3 is 0 Å². The topological polar surface area (TPSA) is 21.3 Å². The first kappa shape index (κ1) is 17.0. The molecule has 0 aliphatic heterocycles. The van der Waals surface area contributed by atoms with Gasteiger partial charge in [-0.3, -0.25) is 0 Å². The molecule has 0 amide bonds. The molecule has 2 rings (SSSR count). The molecular weight excluding hydrogens is 462 g/mol. The number of halogens is 3. The zero-order chi connectivity index (χ0) is 15.4. The van der Waals surface area contributed by atoms with E-state index in [4.69, 9.17) is 4.74 Å². The molecular formula is C16H16Br3NO. The molecule has 0 spiro atoms. The van der Waals surface area contributed by atoms with E-state index in [1.54, 1.807) is 7.11 Å². The second kappa shape index (κ2) is 7.77. The first-order chi connectivity index (χ1) is 10.0. The molecule has 2 aromatic rings. The molecule has 2 nitrogen and oxygen atoms in total. The fourth-order valence-corrected chi connectivity index (χ4v) is 4.02. The van der Waals surface area contributed by atoms with Crippen molar-refractivity contribution in [3.05, 3.63) is 60.9 Å². The average Bonchev–Trinajstić information content (AvgIpc) is 2.44. The highest BCUT2D eigenvalue weighted by molar-refractivity contribution is 9.11. The quantitative estimate of drug-likeness (QED) is 0.584. The lowest BCUT2D eigenvalue weighted by Gasteiger charge is -2.17. The third-order valence-corrected chi connectivity index (χ3v) is 4.78. The lowest BCUT2D eigenvalue weighted by molar-refractivity contribution is 0.403. The molecule has 0 saturated heterocycles. The van der Waals surface area contributed by atoms with Crippen LogP contribution >= 0.6 is 47.8 Å². The minimum Gasteiger partial charge on any atom is -0.495 e. The Morgan fingerprint density at radius 1 is 1.10 bits per heavy atom. The van der Waals surface area contributed by atoms with Crippen molar-refractivity contribution in [1.82, 2.24) is 5.32 Å². The Kier molecular flexibility index (Phi) is 6.29. The van der Waals surface area contributed by atoms with E-state index >= 15 is 0 Å². The monoisotopic (exact) mass is 475 g/mol. The Morgan fingerprint density at radius 3 is 2.52 bits per heavy atom. The van der Waals surface area contributed by atoms with Gasteiger partial charge < -0.3 is 10.1 Å². The lowest BCUT2D eigenvalue weighted by atomic mass is 10.1. The molecule has 112 valence electrons. The van der Waals surface area contributed by atoms with Crippen molar-refractivity contribution in [2.75, 3.05) is 7.11 Å². The van der Waals surface area contributed by atoms with E-state index < -0.39 is 0 Å². The third kappa shape index (κ3) is 4.55. The maximum absolute atomic E-state index is 5.47. The highest BCUT2D eigenvalue weighted by Crippen LogP contribution is 2.33. The maximum atomic E-state index is 5.47. The van der Waals surface area contributed by atoms with Crippen molar-refractivity contribution in [3.8, 4) is 5.75 Å².